The van der Waals surface area contributed by atoms with Gasteiger partial charge in [-0.2, -0.15) is 5.26 Å². The molecule has 3 heterocycles. The van der Waals surface area contributed by atoms with E-state index in [4.69, 9.17) is 4.74 Å². The highest BCUT2D eigenvalue weighted by molar-refractivity contribution is 5.89. The Morgan fingerprint density at radius 2 is 2.12 bits per heavy atom. The summed E-state index contributed by atoms with van der Waals surface area (Å²) < 4.78 is 7.44. The number of rotatable bonds is 5. The first-order valence-corrected chi connectivity index (χ1v) is 11.3. The van der Waals surface area contributed by atoms with Gasteiger partial charge in [0.1, 0.15) is 11.2 Å². The number of fused-ring (bicyclic) bond motifs is 1. The van der Waals surface area contributed by atoms with Crippen molar-refractivity contribution in [3.05, 3.63) is 69.1 Å². The molecule has 2 aromatic heterocycles. The van der Waals surface area contributed by atoms with Gasteiger partial charge in [0.05, 0.1) is 23.7 Å². The van der Waals surface area contributed by atoms with Crippen LogP contribution in [0.3, 0.4) is 0 Å². The highest BCUT2D eigenvalue weighted by atomic mass is 16.5. The molecule has 176 valence electrons. The summed E-state index contributed by atoms with van der Waals surface area (Å²) in [6, 6.07) is 11.6. The van der Waals surface area contributed by atoms with E-state index in [-0.39, 0.29) is 17.5 Å². The summed E-state index contributed by atoms with van der Waals surface area (Å²) in [5.74, 6) is -0.0376. The van der Waals surface area contributed by atoms with Gasteiger partial charge in [-0.05, 0) is 43.2 Å². The van der Waals surface area contributed by atoms with Crippen molar-refractivity contribution in [2.24, 2.45) is 7.05 Å². The van der Waals surface area contributed by atoms with E-state index < -0.39 is 5.60 Å². The maximum absolute atomic E-state index is 13.4. The molecule has 8 heteroatoms. The number of benzene rings is 1. The summed E-state index contributed by atoms with van der Waals surface area (Å²) in [6.07, 6.45) is 2.22. The van der Waals surface area contributed by atoms with Crippen molar-refractivity contribution in [3.63, 3.8) is 0 Å². The number of hydrogen-bond donors (Lipinski definition) is 1. The molecule has 1 saturated heterocycles. The van der Waals surface area contributed by atoms with Gasteiger partial charge in [-0.25, -0.2) is 4.98 Å². The number of anilines is 1. The Bertz CT molecular complexity index is 1370. The topological polar surface area (TPSA) is 100 Å². The minimum Gasteiger partial charge on any atom is -0.378 e. The van der Waals surface area contributed by atoms with Crippen LogP contribution in [0.4, 0.5) is 5.69 Å². The Balaban J connectivity index is 1.82. The van der Waals surface area contributed by atoms with Crippen LogP contribution in [0.2, 0.25) is 0 Å². The van der Waals surface area contributed by atoms with Crippen molar-refractivity contribution in [1.82, 2.24) is 14.5 Å². The molecule has 0 bridgehead atoms. The second kappa shape index (κ2) is 8.92. The largest absolute Gasteiger partial charge is 0.378 e. The first-order valence-electron chi connectivity index (χ1n) is 11.3. The minimum absolute atomic E-state index is 0.0376. The SMILES string of the molecule is COC1(c2cc3c(N[C@H](C)c4cccc(C#N)c4C)ccnc3n(C)c2=O)CCN(C(C)=O)C1. The molecule has 1 fully saturated rings. The predicted molar refractivity (Wildman–Crippen MR) is 130 cm³/mol. The van der Waals surface area contributed by atoms with Crippen LogP contribution in [0.1, 0.15) is 48.6 Å². The van der Waals surface area contributed by atoms with Crippen LogP contribution in [-0.4, -0.2) is 40.6 Å². The quantitative estimate of drug-likeness (QED) is 0.628. The zero-order valence-electron chi connectivity index (χ0n) is 20.2. The van der Waals surface area contributed by atoms with Gasteiger partial charge in [-0.15, -0.1) is 0 Å². The van der Waals surface area contributed by atoms with Crippen molar-refractivity contribution in [2.45, 2.75) is 38.8 Å². The van der Waals surface area contributed by atoms with Gasteiger partial charge < -0.3 is 15.0 Å². The van der Waals surface area contributed by atoms with E-state index in [0.717, 1.165) is 22.2 Å². The third-order valence-corrected chi connectivity index (χ3v) is 7.00. The summed E-state index contributed by atoms with van der Waals surface area (Å²) in [4.78, 5) is 31.5. The molecule has 1 N–H and O–H groups in total. The van der Waals surface area contributed by atoms with Crippen molar-refractivity contribution >= 4 is 22.6 Å². The lowest BCUT2D eigenvalue weighted by atomic mass is 9.92. The van der Waals surface area contributed by atoms with Gasteiger partial charge in [-0.3, -0.25) is 14.2 Å². The van der Waals surface area contributed by atoms with E-state index in [1.165, 1.54) is 6.92 Å². The summed E-state index contributed by atoms with van der Waals surface area (Å²) >= 11 is 0. The Kier molecular flexibility index (Phi) is 6.15. The average Bonchev–Trinajstić information content (AvgIpc) is 3.28. The Morgan fingerprint density at radius 3 is 2.76 bits per heavy atom. The summed E-state index contributed by atoms with van der Waals surface area (Å²) in [5.41, 5.74) is 3.44. The summed E-state index contributed by atoms with van der Waals surface area (Å²) in [6.45, 7) is 6.38. The number of nitriles is 1. The van der Waals surface area contributed by atoms with Gasteiger partial charge in [0.25, 0.3) is 5.56 Å². The van der Waals surface area contributed by atoms with Crippen molar-refractivity contribution in [1.29, 1.82) is 5.26 Å². The minimum atomic E-state index is -0.870. The number of nitrogens with zero attached hydrogens (tertiary/aromatic N) is 4. The van der Waals surface area contributed by atoms with Crippen LogP contribution in [0, 0.1) is 18.3 Å². The maximum atomic E-state index is 13.4. The molecule has 1 unspecified atom stereocenters. The van der Waals surface area contributed by atoms with E-state index in [1.54, 1.807) is 29.8 Å². The fraction of sp³-hybridized carbons (Fsp3) is 0.385. The molecule has 1 aliphatic rings. The molecule has 0 saturated carbocycles. The third-order valence-electron chi connectivity index (χ3n) is 7.00. The second-order valence-corrected chi connectivity index (χ2v) is 8.90. The smallest absolute Gasteiger partial charge is 0.258 e. The van der Waals surface area contributed by atoms with Crippen LogP contribution >= 0.6 is 0 Å². The number of methoxy groups -OCH3 is 1. The van der Waals surface area contributed by atoms with Crippen molar-refractivity contribution in [2.75, 3.05) is 25.5 Å². The van der Waals surface area contributed by atoms with E-state index in [1.807, 2.05) is 44.2 Å². The molecule has 34 heavy (non-hydrogen) atoms. The first-order chi connectivity index (χ1) is 16.2. The van der Waals surface area contributed by atoms with Gasteiger partial charge >= 0.3 is 0 Å². The fourth-order valence-corrected chi connectivity index (χ4v) is 4.91. The van der Waals surface area contributed by atoms with Gasteiger partial charge in [0, 0.05) is 57.4 Å². The van der Waals surface area contributed by atoms with E-state index in [2.05, 4.69) is 16.4 Å². The van der Waals surface area contributed by atoms with Crippen LogP contribution in [0.5, 0.6) is 0 Å². The number of nitrogens with one attached hydrogen (secondary N) is 1. The van der Waals surface area contributed by atoms with Gasteiger partial charge in [-0.1, -0.05) is 12.1 Å². The Hall–Kier alpha value is -3.70. The molecular formula is C26H29N5O3. The molecule has 0 spiro atoms. The molecule has 4 rings (SSSR count). The lowest BCUT2D eigenvalue weighted by Gasteiger charge is -2.28. The molecule has 0 radical (unpaired) electrons. The Labute approximate surface area is 198 Å². The van der Waals surface area contributed by atoms with Crippen LogP contribution < -0.4 is 10.9 Å². The van der Waals surface area contributed by atoms with E-state index >= 15 is 0 Å². The molecule has 3 aromatic rings. The maximum Gasteiger partial charge on any atom is 0.258 e. The number of carbonyl (C=O) groups is 1. The molecule has 0 aliphatic carbocycles. The Morgan fingerprint density at radius 1 is 1.35 bits per heavy atom. The highest BCUT2D eigenvalue weighted by Gasteiger charge is 2.43. The number of likely N-dealkylation sites (tertiary alicyclic amines) is 1. The van der Waals surface area contributed by atoms with Gasteiger partial charge in [0.2, 0.25) is 5.91 Å². The molecule has 1 amide bonds. The molecule has 1 aromatic carbocycles. The van der Waals surface area contributed by atoms with E-state index in [9.17, 15) is 14.9 Å². The zero-order valence-corrected chi connectivity index (χ0v) is 20.2. The zero-order chi connectivity index (χ0) is 24.6. The van der Waals surface area contributed by atoms with Crippen molar-refractivity contribution < 1.29 is 9.53 Å². The number of carbonyl (C=O) groups excluding carboxylic acids is 1. The summed E-state index contributed by atoms with van der Waals surface area (Å²) in [5, 5.41) is 13.7. The molecule has 2 atom stereocenters. The van der Waals surface area contributed by atoms with Crippen molar-refractivity contribution in [3.8, 4) is 6.07 Å². The number of aromatic nitrogens is 2. The molecule has 8 nitrogen and oxygen atoms in total. The van der Waals surface area contributed by atoms with Crippen LogP contribution in [0.25, 0.3) is 11.0 Å². The second-order valence-electron chi connectivity index (χ2n) is 8.90. The monoisotopic (exact) mass is 459 g/mol. The van der Waals surface area contributed by atoms with Crippen LogP contribution in [-0.2, 0) is 22.2 Å². The number of pyridine rings is 2. The number of aryl methyl sites for hydroxylation is 1. The predicted octanol–water partition coefficient (Wildman–Crippen LogP) is 3.38. The molecular weight excluding hydrogens is 430 g/mol. The number of amides is 1. The normalized spacial score (nSPS) is 18.6. The summed E-state index contributed by atoms with van der Waals surface area (Å²) in [7, 11) is 3.29. The number of ether oxygens (including phenoxy) is 1. The lowest BCUT2D eigenvalue weighted by Crippen LogP contribution is -2.40. The first kappa shape index (κ1) is 23.5. The average molecular weight is 460 g/mol. The third kappa shape index (κ3) is 3.82. The standard InChI is InChI=1S/C26H29N5O3/c1-16-19(14-27)7-6-8-20(16)17(2)29-23-9-11-28-24-21(23)13-22(25(33)30(24)4)26(34-5)10-12-31(15-26)18(3)32/h6-9,11,13,17H,10,12,15H2,1-5H3,(H,28,29)/t17-,26?/m1/s1. The lowest BCUT2D eigenvalue weighted by molar-refractivity contribution is -0.129. The molecule has 1 aliphatic heterocycles. The number of hydrogen-bond acceptors (Lipinski definition) is 6. The van der Waals surface area contributed by atoms with Crippen LogP contribution in [0.15, 0.2) is 41.3 Å². The van der Waals surface area contributed by atoms with Gasteiger partial charge in [0.15, 0.2) is 0 Å². The highest BCUT2D eigenvalue weighted by Crippen LogP contribution is 2.36. The fourth-order valence-electron chi connectivity index (χ4n) is 4.91. The van der Waals surface area contributed by atoms with E-state index in [0.29, 0.717) is 36.3 Å².